The predicted octanol–water partition coefficient (Wildman–Crippen LogP) is 6.07. The van der Waals surface area contributed by atoms with Crippen molar-refractivity contribution >= 4 is 23.7 Å². The van der Waals surface area contributed by atoms with Gasteiger partial charge in [0.05, 0.1) is 0 Å². The van der Waals surface area contributed by atoms with Crippen LogP contribution in [0.4, 0.5) is 16.5 Å². The molecule has 1 saturated heterocycles. The first-order chi connectivity index (χ1) is 18.1. The number of aromatic nitrogens is 2. The van der Waals surface area contributed by atoms with Gasteiger partial charge in [-0.1, -0.05) is 50.0 Å². The number of piperidine rings is 1. The Morgan fingerprint density at radius 2 is 1.79 bits per heavy atom. The van der Waals surface area contributed by atoms with Crippen LogP contribution in [-0.2, 0) is 0 Å². The van der Waals surface area contributed by atoms with Crippen LogP contribution in [0.1, 0.15) is 62.4 Å². The van der Waals surface area contributed by atoms with E-state index in [4.69, 9.17) is 4.42 Å². The van der Waals surface area contributed by atoms with Gasteiger partial charge in [-0.25, -0.2) is 9.69 Å². The van der Waals surface area contributed by atoms with Crippen LogP contribution >= 0.6 is 0 Å². The quantitative estimate of drug-likeness (QED) is 0.371. The SMILES string of the molecule is Cc1cccc(C(=O)Nc2ccc(-c3nnc(N(CCC(N4CCCCC4)C(C)(C)C)C(=O)O)o3)cc2)c1. The van der Waals surface area contributed by atoms with Gasteiger partial charge in [0.1, 0.15) is 0 Å². The molecule has 0 aliphatic carbocycles. The van der Waals surface area contributed by atoms with E-state index >= 15 is 0 Å². The van der Waals surface area contributed by atoms with Crippen LogP contribution in [0.3, 0.4) is 0 Å². The average Bonchev–Trinajstić information content (AvgIpc) is 3.36. The summed E-state index contributed by atoms with van der Waals surface area (Å²) in [5.74, 6) is 0.0166. The standard InChI is InChI=1S/C29H37N5O4/c1-20-9-8-10-22(19-20)25(35)30-23-13-11-21(12-14-23)26-31-32-27(38-26)34(28(36)37)18-15-24(29(2,3)4)33-16-6-5-7-17-33/h8-14,19,24H,5-7,15-18H2,1-4H3,(H,30,35)(H,36,37). The van der Waals surface area contributed by atoms with Gasteiger partial charge in [0.25, 0.3) is 5.91 Å². The number of benzene rings is 2. The van der Waals surface area contributed by atoms with E-state index in [1.807, 2.05) is 25.1 Å². The van der Waals surface area contributed by atoms with Crippen LogP contribution < -0.4 is 10.2 Å². The Balaban J connectivity index is 1.43. The van der Waals surface area contributed by atoms with E-state index in [1.54, 1.807) is 30.3 Å². The van der Waals surface area contributed by atoms with Crippen LogP contribution in [0.15, 0.2) is 52.9 Å². The van der Waals surface area contributed by atoms with Crippen molar-refractivity contribution in [3.63, 3.8) is 0 Å². The Morgan fingerprint density at radius 1 is 1.08 bits per heavy atom. The first kappa shape index (κ1) is 27.3. The molecule has 0 radical (unpaired) electrons. The summed E-state index contributed by atoms with van der Waals surface area (Å²) < 4.78 is 5.78. The van der Waals surface area contributed by atoms with Gasteiger partial charge in [0, 0.05) is 29.4 Å². The van der Waals surface area contributed by atoms with Crippen molar-refractivity contribution in [1.29, 1.82) is 0 Å². The topological polar surface area (TPSA) is 112 Å². The summed E-state index contributed by atoms with van der Waals surface area (Å²) in [6, 6.07) is 14.6. The van der Waals surface area contributed by atoms with Gasteiger partial charge in [-0.05, 0) is 81.1 Å². The van der Waals surface area contributed by atoms with Gasteiger partial charge in [0.15, 0.2) is 0 Å². The third-order valence-electron chi connectivity index (χ3n) is 7.00. The molecule has 9 heteroatoms. The molecule has 3 aromatic rings. The molecule has 0 spiro atoms. The Kier molecular flexibility index (Phi) is 8.46. The monoisotopic (exact) mass is 519 g/mol. The van der Waals surface area contributed by atoms with Crippen molar-refractivity contribution in [2.75, 3.05) is 29.9 Å². The number of nitrogens with zero attached hydrogens (tertiary/aromatic N) is 4. The maximum atomic E-state index is 12.5. The minimum absolute atomic E-state index is 0.0119. The summed E-state index contributed by atoms with van der Waals surface area (Å²) in [4.78, 5) is 28.3. The van der Waals surface area contributed by atoms with Crippen LogP contribution in [0.25, 0.3) is 11.5 Å². The van der Waals surface area contributed by atoms with Gasteiger partial charge in [-0.2, -0.15) is 0 Å². The number of anilines is 2. The smallest absolute Gasteiger partial charge is 0.415 e. The van der Waals surface area contributed by atoms with Gasteiger partial charge >= 0.3 is 12.1 Å². The zero-order valence-electron chi connectivity index (χ0n) is 22.6. The second kappa shape index (κ2) is 11.8. The molecular formula is C29H37N5O4. The van der Waals surface area contributed by atoms with Crippen molar-refractivity contribution in [2.45, 2.75) is 59.4 Å². The second-order valence-electron chi connectivity index (χ2n) is 11.0. The summed E-state index contributed by atoms with van der Waals surface area (Å²) in [6.07, 6.45) is 3.15. The van der Waals surface area contributed by atoms with Gasteiger partial charge in [-0.3, -0.25) is 9.69 Å². The van der Waals surface area contributed by atoms with E-state index in [0.29, 0.717) is 23.2 Å². The summed E-state index contributed by atoms with van der Waals surface area (Å²) in [5.41, 5.74) is 2.86. The molecule has 1 unspecified atom stereocenters. The first-order valence-electron chi connectivity index (χ1n) is 13.2. The minimum Gasteiger partial charge on any atom is -0.465 e. The summed E-state index contributed by atoms with van der Waals surface area (Å²) in [5, 5.41) is 20.9. The molecule has 2 N–H and O–H groups in total. The van der Waals surface area contributed by atoms with E-state index in [2.05, 4.69) is 41.2 Å². The summed E-state index contributed by atoms with van der Waals surface area (Å²) in [7, 11) is 0. The number of likely N-dealkylation sites (tertiary alicyclic amines) is 1. The lowest BCUT2D eigenvalue weighted by Gasteiger charge is -2.42. The van der Waals surface area contributed by atoms with Crippen molar-refractivity contribution in [3.05, 3.63) is 59.7 Å². The van der Waals surface area contributed by atoms with E-state index < -0.39 is 6.09 Å². The molecule has 1 aliphatic rings. The highest BCUT2D eigenvalue weighted by Gasteiger charge is 2.33. The minimum atomic E-state index is -1.12. The lowest BCUT2D eigenvalue weighted by molar-refractivity contribution is 0.0746. The van der Waals surface area contributed by atoms with Crippen LogP contribution in [0.5, 0.6) is 0 Å². The molecular weight excluding hydrogens is 482 g/mol. The summed E-state index contributed by atoms with van der Waals surface area (Å²) in [6.45, 7) is 10.9. The van der Waals surface area contributed by atoms with Crippen LogP contribution in [0.2, 0.25) is 0 Å². The van der Waals surface area contributed by atoms with E-state index in [9.17, 15) is 14.7 Å². The largest absolute Gasteiger partial charge is 0.465 e. The number of aryl methyl sites for hydroxylation is 1. The molecule has 4 rings (SSSR count). The van der Waals surface area contributed by atoms with E-state index in [1.165, 1.54) is 19.3 Å². The summed E-state index contributed by atoms with van der Waals surface area (Å²) >= 11 is 0. The third-order valence-corrected chi connectivity index (χ3v) is 7.00. The Morgan fingerprint density at radius 3 is 2.42 bits per heavy atom. The Hall–Kier alpha value is -3.72. The van der Waals surface area contributed by atoms with Crippen molar-refractivity contribution in [3.8, 4) is 11.5 Å². The van der Waals surface area contributed by atoms with Gasteiger partial charge in [0.2, 0.25) is 5.89 Å². The molecule has 0 saturated carbocycles. The van der Waals surface area contributed by atoms with Crippen molar-refractivity contribution in [1.82, 2.24) is 15.1 Å². The normalized spacial score (nSPS) is 15.2. The fraction of sp³-hybridized carbons (Fsp3) is 0.448. The maximum Gasteiger partial charge on any atom is 0.415 e. The van der Waals surface area contributed by atoms with E-state index in [-0.39, 0.29) is 35.8 Å². The van der Waals surface area contributed by atoms with Gasteiger partial charge < -0.3 is 14.8 Å². The highest BCUT2D eigenvalue weighted by molar-refractivity contribution is 6.04. The predicted molar refractivity (Wildman–Crippen MR) is 148 cm³/mol. The number of amides is 2. The molecule has 9 nitrogen and oxygen atoms in total. The fourth-order valence-electron chi connectivity index (χ4n) is 5.04. The highest BCUT2D eigenvalue weighted by Crippen LogP contribution is 2.31. The number of carbonyl (C=O) groups excluding carboxylic acids is 1. The molecule has 1 fully saturated rings. The Bertz CT molecular complexity index is 1240. The molecule has 1 aromatic heterocycles. The Labute approximate surface area is 223 Å². The molecule has 38 heavy (non-hydrogen) atoms. The second-order valence-corrected chi connectivity index (χ2v) is 11.0. The number of rotatable bonds is 8. The highest BCUT2D eigenvalue weighted by atomic mass is 16.4. The number of carboxylic acid groups (broad SMARTS) is 1. The molecule has 2 heterocycles. The lowest BCUT2D eigenvalue weighted by atomic mass is 9.82. The number of carbonyl (C=O) groups is 2. The average molecular weight is 520 g/mol. The van der Waals surface area contributed by atoms with Crippen molar-refractivity contribution < 1.29 is 19.1 Å². The number of nitrogens with one attached hydrogen (secondary N) is 1. The fourth-order valence-corrected chi connectivity index (χ4v) is 5.04. The van der Waals surface area contributed by atoms with E-state index in [0.717, 1.165) is 23.6 Å². The lowest BCUT2D eigenvalue weighted by Crippen LogP contribution is -2.48. The number of hydrogen-bond acceptors (Lipinski definition) is 6. The molecule has 202 valence electrons. The first-order valence-corrected chi connectivity index (χ1v) is 13.2. The van der Waals surface area contributed by atoms with Crippen molar-refractivity contribution in [2.24, 2.45) is 5.41 Å². The molecule has 1 aliphatic heterocycles. The van der Waals surface area contributed by atoms with Crippen LogP contribution in [0, 0.1) is 12.3 Å². The number of hydrogen-bond donors (Lipinski definition) is 2. The third kappa shape index (κ3) is 6.77. The maximum absolute atomic E-state index is 12.5. The molecule has 0 bridgehead atoms. The molecule has 2 aromatic carbocycles. The zero-order valence-corrected chi connectivity index (χ0v) is 22.6. The van der Waals surface area contributed by atoms with Crippen LogP contribution in [-0.4, -0.2) is 57.9 Å². The molecule has 2 amide bonds. The van der Waals surface area contributed by atoms with Gasteiger partial charge in [-0.15, -0.1) is 5.10 Å². The molecule has 1 atom stereocenters. The zero-order chi connectivity index (χ0) is 27.3.